The van der Waals surface area contributed by atoms with Crippen molar-refractivity contribution in [2.24, 2.45) is 0 Å². The van der Waals surface area contributed by atoms with Crippen molar-refractivity contribution in [1.29, 1.82) is 0 Å². The molecule has 184 valence electrons. The lowest BCUT2D eigenvalue weighted by atomic mass is 10.1. The lowest BCUT2D eigenvalue weighted by Crippen LogP contribution is -2.44. The standard InChI is InChI=1S/C27H27FN6OS/c1-4-32-15-20(26-29-27-34(30-26)24(16-36-27)18-7-5-17(2)6-8-18)25(35)19-13-21(28)23(14-22(19)32)33-11-9-31(3)10-12-33/h5-8,13-16H,4,9-12H2,1-3H3. The quantitative estimate of drug-likeness (QED) is 0.358. The van der Waals surface area contributed by atoms with Crippen LogP contribution in [0.1, 0.15) is 12.5 Å². The fourth-order valence-corrected chi connectivity index (χ4v) is 5.66. The Balaban J connectivity index is 1.46. The molecule has 0 bridgehead atoms. The number of halogens is 1. The van der Waals surface area contributed by atoms with E-state index in [2.05, 4.69) is 53.0 Å². The molecular weight excluding hydrogens is 475 g/mol. The zero-order valence-corrected chi connectivity index (χ0v) is 21.3. The van der Waals surface area contributed by atoms with Crippen LogP contribution in [-0.4, -0.2) is 57.3 Å². The van der Waals surface area contributed by atoms with Crippen LogP contribution in [0.4, 0.5) is 10.1 Å². The molecule has 5 aromatic rings. The first-order valence-corrected chi connectivity index (χ1v) is 13.0. The van der Waals surface area contributed by atoms with Gasteiger partial charge in [-0.2, -0.15) is 4.98 Å². The number of hydrogen-bond donors (Lipinski definition) is 0. The number of aryl methyl sites for hydroxylation is 2. The number of pyridine rings is 1. The third-order valence-corrected chi connectivity index (χ3v) is 7.82. The van der Waals surface area contributed by atoms with Gasteiger partial charge in [-0.1, -0.05) is 29.8 Å². The van der Waals surface area contributed by atoms with Crippen LogP contribution in [0.2, 0.25) is 0 Å². The molecule has 9 heteroatoms. The molecule has 7 nitrogen and oxygen atoms in total. The van der Waals surface area contributed by atoms with E-state index in [0.717, 1.165) is 43.0 Å². The monoisotopic (exact) mass is 502 g/mol. The van der Waals surface area contributed by atoms with Crippen molar-refractivity contribution < 1.29 is 4.39 Å². The predicted octanol–water partition coefficient (Wildman–Crippen LogP) is 4.66. The zero-order valence-electron chi connectivity index (χ0n) is 20.5. The van der Waals surface area contributed by atoms with Gasteiger partial charge in [-0.15, -0.1) is 16.4 Å². The Morgan fingerprint density at radius 3 is 2.56 bits per heavy atom. The number of hydrogen-bond acceptors (Lipinski definition) is 6. The van der Waals surface area contributed by atoms with Crippen molar-refractivity contribution in [2.75, 3.05) is 38.1 Å². The third-order valence-electron chi connectivity index (χ3n) is 7.00. The van der Waals surface area contributed by atoms with Crippen LogP contribution in [0.5, 0.6) is 0 Å². The van der Waals surface area contributed by atoms with Gasteiger partial charge in [0.15, 0.2) is 5.82 Å². The lowest BCUT2D eigenvalue weighted by molar-refractivity contribution is 0.312. The van der Waals surface area contributed by atoms with E-state index in [-0.39, 0.29) is 11.2 Å². The van der Waals surface area contributed by atoms with Crippen LogP contribution >= 0.6 is 11.3 Å². The highest BCUT2D eigenvalue weighted by atomic mass is 32.1. The molecule has 36 heavy (non-hydrogen) atoms. The van der Waals surface area contributed by atoms with E-state index in [1.54, 1.807) is 10.7 Å². The summed E-state index contributed by atoms with van der Waals surface area (Å²) in [7, 11) is 2.07. The number of aromatic nitrogens is 4. The first kappa shape index (κ1) is 22.9. The summed E-state index contributed by atoms with van der Waals surface area (Å²) in [6, 6.07) is 11.4. The molecule has 0 amide bonds. The molecule has 1 aliphatic heterocycles. The molecule has 2 aromatic carbocycles. The topological polar surface area (TPSA) is 58.7 Å². The van der Waals surface area contributed by atoms with E-state index in [1.807, 2.05) is 22.9 Å². The Kier molecular flexibility index (Phi) is 5.61. The number of rotatable bonds is 4. The molecule has 0 N–H and O–H groups in total. The minimum atomic E-state index is -0.371. The third kappa shape index (κ3) is 3.79. The molecule has 1 aliphatic rings. The molecule has 1 fully saturated rings. The molecule has 4 heterocycles. The average molecular weight is 503 g/mol. The fourth-order valence-electron chi connectivity index (χ4n) is 4.83. The summed E-state index contributed by atoms with van der Waals surface area (Å²) < 4.78 is 19.1. The van der Waals surface area contributed by atoms with Gasteiger partial charge >= 0.3 is 0 Å². The number of anilines is 1. The number of fused-ring (bicyclic) bond motifs is 2. The van der Waals surface area contributed by atoms with E-state index < -0.39 is 0 Å². The van der Waals surface area contributed by atoms with Crippen molar-refractivity contribution in [3.05, 3.63) is 69.6 Å². The van der Waals surface area contributed by atoms with Crippen molar-refractivity contribution in [2.45, 2.75) is 20.4 Å². The Labute approximate surface area is 212 Å². The van der Waals surface area contributed by atoms with Crippen molar-refractivity contribution >= 4 is 32.9 Å². The average Bonchev–Trinajstić information content (AvgIpc) is 3.47. The van der Waals surface area contributed by atoms with Crippen molar-refractivity contribution in [1.82, 2.24) is 24.1 Å². The first-order chi connectivity index (χ1) is 17.4. The van der Waals surface area contributed by atoms with Crippen LogP contribution in [0.25, 0.3) is 38.5 Å². The van der Waals surface area contributed by atoms with Crippen molar-refractivity contribution in [3.8, 4) is 22.6 Å². The van der Waals surface area contributed by atoms with Gasteiger partial charge in [-0.05, 0) is 33.0 Å². The van der Waals surface area contributed by atoms with Gasteiger partial charge in [-0.25, -0.2) is 8.91 Å². The van der Waals surface area contributed by atoms with Gasteiger partial charge in [0.2, 0.25) is 10.4 Å². The normalized spacial score (nSPS) is 14.8. The highest BCUT2D eigenvalue weighted by Gasteiger charge is 2.22. The van der Waals surface area contributed by atoms with Gasteiger partial charge < -0.3 is 14.4 Å². The van der Waals surface area contributed by atoms with Crippen molar-refractivity contribution in [3.63, 3.8) is 0 Å². The summed E-state index contributed by atoms with van der Waals surface area (Å²) in [4.78, 5) is 23.2. The number of thiazole rings is 1. The van der Waals surface area contributed by atoms with Crippen LogP contribution in [-0.2, 0) is 6.54 Å². The Morgan fingerprint density at radius 1 is 1.08 bits per heavy atom. The van der Waals surface area contributed by atoms with Gasteiger partial charge in [0.1, 0.15) is 5.82 Å². The summed E-state index contributed by atoms with van der Waals surface area (Å²) in [6.07, 6.45) is 1.81. The summed E-state index contributed by atoms with van der Waals surface area (Å²) >= 11 is 1.48. The zero-order chi connectivity index (χ0) is 25.0. The molecule has 6 rings (SSSR count). The van der Waals surface area contributed by atoms with E-state index in [9.17, 15) is 4.79 Å². The van der Waals surface area contributed by atoms with Gasteiger partial charge in [0, 0.05) is 55.3 Å². The largest absolute Gasteiger partial charge is 0.367 e. The Morgan fingerprint density at radius 2 is 1.83 bits per heavy atom. The molecule has 0 unspecified atom stereocenters. The summed E-state index contributed by atoms with van der Waals surface area (Å²) in [5.41, 5.74) is 4.54. The summed E-state index contributed by atoms with van der Waals surface area (Å²) in [5.74, 6) is -0.0164. The summed E-state index contributed by atoms with van der Waals surface area (Å²) in [6.45, 7) is 7.97. The molecular formula is C27H27FN6OS. The highest BCUT2D eigenvalue weighted by Crippen LogP contribution is 2.29. The SMILES string of the molecule is CCn1cc(-c2nc3scc(-c4ccc(C)cc4)n3n2)c(=O)c2cc(F)c(N3CCN(C)CC3)cc21. The maximum absolute atomic E-state index is 15.3. The molecule has 0 spiro atoms. The van der Waals surface area contributed by atoms with E-state index >= 15 is 4.39 Å². The minimum Gasteiger partial charge on any atom is -0.367 e. The summed E-state index contributed by atoms with van der Waals surface area (Å²) in [5, 5.41) is 7.07. The smallest absolute Gasteiger partial charge is 0.213 e. The second-order valence-electron chi connectivity index (χ2n) is 9.39. The molecule has 1 saturated heterocycles. The highest BCUT2D eigenvalue weighted by molar-refractivity contribution is 7.15. The molecule has 0 aliphatic carbocycles. The van der Waals surface area contributed by atoms with Gasteiger partial charge in [0.25, 0.3) is 0 Å². The lowest BCUT2D eigenvalue weighted by Gasteiger charge is -2.34. The molecule has 0 radical (unpaired) electrons. The van der Waals surface area contributed by atoms with E-state index in [1.165, 1.54) is 23.0 Å². The maximum Gasteiger partial charge on any atom is 0.213 e. The molecule has 3 aromatic heterocycles. The minimum absolute atomic E-state index is 0.256. The van der Waals surface area contributed by atoms with Gasteiger partial charge in [0.05, 0.1) is 22.5 Å². The van der Waals surface area contributed by atoms with Crippen LogP contribution in [0.3, 0.4) is 0 Å². The van der Waals surface area contributed by atoms with Crippen LogP contribution in [0.15, 0.2) is 52.8 Å². The second-order valence-corrected chi connectivity index (χ2v) is 10.2. The van der Waals surface area contributed by atoms with Crippen LogP contribution in [0, 0.1) is 12.7 Å². The fraction of sp³-hybridized carbons (Fsp3) is 0.296. The van der Waals surface area contributed by atoms with E-state index in [0.29, 0.717) is 34.0 Å². The van der Waals surface area contributed by atoms with E-state index in [4.69, 9.17) is 5.10 Å². The van der Waals surface area contributed by atoms with Gasteiger partial charge in [-0.3, -0.25) is 4.79 Å². The molecule has 0 atom stereocenters. The molecule has 0 saturated carbocycles. The first-order valence-electron chi connectivity index (χ1n) is 12.1. The number of nitrogens with zero attached hydrogens (tertiary/aromatic N) is 6. The maximum atomic E-state index is 15.3. The number of piperazine rings is 1. The van der Waals surface area contributed by atoms with Crippen LogP contribution < -0.4 is 10.3 Å². The Bertz CT molecular complexity index is 1640. The number of likely N-dealkylation sites (N-methyl/N-ethyl adjacent to an activating group) is 1. The Hall–Kier alpha value is -3.56. The second kappa shape index (κ2) is 8.83. The number of benzene rings is 2. The predicted molar refractivity (Wildman–Crippen MR) is 144 cm³/mol.